The number of nitrogens with zero attached hydrogens (tertiary/aromatic N) is 1. The molecule has 4 rings (SSSR count). The third kappa shape index (κ3) is 2.14. The quantitative estimate of drug-likeness (QED) is 0.535. The summed E-state index contributed by atoms with van der Waals surface area (Å²) in [5, 5.41) is 11.7. The van der Waals surface area contributed by atoms with E-state index in [1.54, 1.807) is 0 Å². The summed E-state index contributed by atoms with van der Waals surface area (Å²) in [6, 6.07) is 0. The van der Waals surface area contributed by atoms with Crippen LogP contribution in [0.1, 0.15) is 45.4 Å². The van der Waals surface area contributed by atoms with Gasteiger partial charge in [-0.25, -0.2) is 0 Å². The number of hydrogen-bond acceptors (Lipinski definition) is 4. The number of carbonyl (C=O) groups excluding carboxylic acids is 1. The molecule has 130 valence electrons. The predicted molar refractivity (Wildman–Crippen MR) is 91.6 cm³/mol. The minimum atomic E-state index is -1.32. The van der Waals surface area contributed by atoms with Crippen molar-refractivity contribution in [2.24, 2.45) is 5.92 Å². The highest BCUT2D eigenvalue weighted by molar-refractivity contribution is 7.20. The van der Waals surface area contributed by atoms with E-state index >= 15 is 0 Å². The number of hydrogen-bond donors (Lipinski definition) is 1. The van der Waals surface area contributed by atoms with Gasteiger partial charge >= 0.3 is 0 Å². The van der Waals surface area contributed by atoms with Gasteiger partial charge in [-0.2, -0.15) is 0 Å². The van der Waals surface area contributed by atoms with E-state index < -0.39 is 17.4 Å². The molecule has 0 radical (unpaired) electrons. The molecule has 6 heteroatoms. The molecule has 1 amide bonds. The molecule has 3 aliphatic heterocycles. The van der Waals surface area contributed by atoms with Crippen LogP contribution in [-0.2, 0) is 14.3 Å². The zero-order valence-corrected chi connectivity index (χ0v) is 15.1. The molecule has 3 heterocycles. The van der Waals surface area contributed by atoms with Gasteiger partial charge in [0.2, 0.25) is 12.2 Å². The Morgan fingerprint density at radius 2 is 2.21 bits per heavy atom. The molecule has 1 aliphatic carbocycles. The van der Waals surface area contributed by atoms with Gasteiger partial charge in [-0.05, 0) is 50.0 Å². The van der Waals surface area contributed by atoms with Gasteiger partial charge in [0.25, 0.3) is 0 Å². The zero-order valence-electron chi connectivity index (χ0n) is 14.0. The summed E-state index contributed by atoms with van der Waals surface area (Å²) in [6.45, 7) is 2.53. The van der Waals surface area contributed by atoms with Crippen LogP contribution in [0.2, 0.25) is 0 Å². The maximum Gasteiger partial charge on any atom is 0.227 e. The first kappa shape index (κ1) is 16.5. The third-order valence-corrected chi connectivity index (χ3v) is 6.52. The molecule has 4 aliphatic rings. The van der Waals surface area contributed by atoms with E-state index in [0.29, 0.717) is 12.8 Å². The normalized spacial score (nSPS) is 46.0. The van der Waals surface area contributed by atoms with E-state index in [0.717, 1.165) is 37.8 Å². The summed E-state index contributed by atoms with van der Waals surface area (Å²) in [6.07, 6.45) is 4.26. The van der Waals surface area contributed by atoms with Crippen molar-refractivity contribution in [3.05, 3.63) is 11.4 Å². The molecule has 4 atom stereocenters. The van der Waals surface area contributed by atoms with Gasteiger partial charge in [0.1, 0.15) is 0 Å². The molecule has 0 aromatic heterocycles. The van der Waals surface area contributed by atoms with Crippen molar-refractivity contribution < 1.29 is 19.4 Å². The molecule has 0 bridgehead atoms. The Kier molecular flexibility index (Phi) is 4.01. The molecule has 1 saturated carbocycles. The average Bonchev–Trinajstić information content (AvgIpc) is 2.90. The van der Waals surface area contributed by atoms with E-state index in [2.05, 4.69) is 21.1 Å². The van der Waals surface area contributed by atoms with Crippen LogP contribution in [0.4, 0.5) is 0 Å². The molecule has 4 unspecified atom stereocenters. The Morgan fingerprint density at radius 3 is 2.92 bits per heavy atom. The molecule has 3 saturated heterocycles. The van der Waals surface area contributed by atoms with Crippen molar-refractivity contribution in [1.82, 2.24) is 4.90 Å². The summed E-state index contributed by atoms with van der Waals surface area (Å²) >= 11 is 0. The smallest absolute Gasteiger partial charge is 0.227 e. The average molecular weight is 349 g/mol. The van der Waals surface area contributed by atoms with Gasteiger partial charge < -0.3 is 19.5 Å². The van der Waals surface area contributed by atoms with Crippen LogP contribution in [-0.4, -0.2) is 46.2 Å². The second kappa shape index (κ2) is 5.81. The fraction of sp³-hybridized carbons (Fsp3) is 0.722. The Hall–Kier alpha value is -0.920. The Balaban J connectivity index is 1.78. The summed E-state index contributed by atoms with van der Waals surface area (Å²) in [7, 11) is 2.60. The van der Waals surface area contributed by atoms with Gasteiger partial charge in [0.05, 0.1) is 5.54 Å². The minimum Gasteiger partial charge on any atom is -0.371 e. The summed E-state index contributed by atoms with van der Waals surface area (Å²) in [5.74, 6) is 8.32. The maximum atomic E-state index is 12.5. The van der Waals surface area contributed by atoms with Crippen LogP contribution in [0.25, 0.3) is 0 Å². The largest absolute Gasteiger partial charge is 0.371 e. The lowest BCUT2D eigenvalue weighted by atomic mass is 9.74. The monoisotopic (exact) mass is 349 g/mol. The number of rotatable bonds is 0. The summed E-state index contributed by atoms with van der Waals surface area (Å²) < 4.78 is 10.8. The lowest BCUT2D eigenvalue weighted by molar-refractivity contribution is -0.350. The second-order valence-corrected chi connectivity index (χ2v) is 7.54. The van der Waals surface area contributed by atoms with Gasteiger partial charge in [0, 0.05) is 13.0 Å². The van der Waals surface area contributed by atoms with E-state index in [4.69, 9.17) is 9.47 Å². The first-order valence-corrected chi connectivity index (χ1v) is 9.45. The van der Waals surface area contributed by atoms with Crippen LogP contribution < -0.4 is 0 Å². The Morgan fingerprint density at radius 1 is 1.42 bits per heavy atom. The van der Waals surface area contributed by atoms with Crippen molar-refractivity contribution in [3.8, 4) is 11.8 Å². The summed E-state index contributed by atoms with van der Waals surface area (Å²) in [4.78, 5) is 14.5. The fourth-order valence-electron chi connectivity index (χ4n) is 5.04. The molecule has 1 N–H and O–H groups in total. The lowest BCUT2D eigenvalue weighted by Gasteiger charge is -2.45. The van der Waals surface area contributed by atoms with Crippen LogP contribution in [0, 0.1) is 17.8 Å². The first-order chi connectivity index (χ1) is 11.5. The highest BCUT2D eigenvalue weighted by Gasteiger charge is 2.67. The highest BCUT2D eigenvalue weighted by Crippen LogP contribution is 2.58. The number of ether oxygens (including phenoxy) is 2. The predicted octanol–water partition coefficient (Wildman–Crippen LogP) is 1.76. The first-order valence-electron chi connectivity index (χ1n) is 8.79. The van der Waals surface area contributed by atoms with Crippen LogP contribution in [0.5, 0.6) is 0 Å². The summed E-state index contributed by atoms with van der Waals surface area (Å²) in [5.41, 5.74) is -1.01. The van der Waals surface area contributed by atoms with Crippen molar-refractivity contribution in [3.63, 3.8) is 0 Å². The Bertz CT molecular complexity index is 647. The zero-order chi connectivity index (χ0) is 16.9. The fourth-order valence-corrected chi connectivity index (χ4v) is 5.42. The van der Waals surface area contributed by atoms with E-state index in [9.17, 15) is 9.90 Å². The maximum absolute atomic E-state index is 12.5. The molecule has 1 spiro atoms. The Labute approximate surface area is 145 Å². The van der Waals surface area contributed by atoms with Crippen LogP contribution >= 0.6 is 9.24 Å². The van der Waals surface area contributed by atoms with Crippen molar-refractivity contribution in [2.75, 3.05) is 6.54 Å². The standard InChI is InChI=1S/C18H24NO4P/c1-12-22-16(23-12)6-8-18(21)14(11-24)10-13-4-2-3-9-19-15(20)5-7-17(13,18)19/h11-13,16,21H,2-5,7,9-10,24H2,1H3/b14-11+. The third-order valence-electron chi connectivity index (χ3n) is 6.12. The van der Waals surface area contributed by atoms with Gasteiger partial charge in [-0.15, -0.1) is 9.24 Å². The lowest BCUT2D eigenvalue weighted by Crippen LogP contribution is -2.61. The van der Waals surface area contributed by atoms with E-state index in [-0.39, 0.29) is 18.1 Å². The molecule has 4 fully saturated rings. The van der Waals surface area contributed by atoms with Crippen molar-refractivity contribution >= 4 is 15.1 Å². The topological polar surface area (TPSA) is 59.0 Å². The molecule has 24 heavy (non-hydrogen) atoms. The van der Waals surface area contributed by atoms with Crippen LogP contribution in [0.15, 0.2) is 11.4 Å². The molecular weight excluding hydrogens is 325 g/mol. The minimum absolute atomic E-state index is 0.150. The molecule has 0 aromatic carbocycles. The van der Waals surface area contributed by atoms with Crippen molar-refractivity contribution in [2.45, 2.75) is 69.2 Å². The van der Waals surface area contributed by atoms with Crippen molar-refractivity contribution in [1.29, 1.82) is 0 Å². The SMILES string of the molecule is CC1OC(C#CC2(O)/C(=C/P)CC3CCCCN4C(=O)CCC342)O1. The number of amides is 1. The highest BCUT2D eigenvalue weighted by atomic mass is 31.0. The molecule has 0 aromatic rings. The van der Waals surface area contributed by atoms with Gasteiger partial charge in [-0.1, -0.05) is 18.2 Å². The number of aliphatic hydroxyl groups is 1. The number of carbonyl (C=O) groups is 1. The van der Waals surface area contributed by atoms with E-state index in [1.165, 1.54) is 0 Å². The molecular formula is C18H24NO4P. The van der Waals surface area contributed by atoms with E-state index in [1.807, 2.05) is 17.6 Å². The van der Waals surface area contributed by atoms with Gasteiger partial charge in [0.15, 0.2) is 11.9 Å². The molecule has 5 nitrogen and oxygen atoms in total. The van der Waals surface area contributed by atoms with Gasteiger partial charge in [-0.3, -0.25) is 4.79 Å². The second-order valence-electron chi connectivity index (χ2n) is 7.21. The van der Waals surface area contributed by atoms with Crippen LogP contribution in [0.3, 0.4) is 0 Å².